The van der Waals surface area contributed by atoms with Gasteiger partial charge in [-0.3, -0.25) is 4.79 Å². The lowest BCUT2D eigenvalue weighted by Gasteiger charge is -2.48. The van der Waals surface area contributed by atoms with E-state index >= 15 is 0 Å². The lowest BCUT2D eigenvalue weighted by Crippen LogP contribution is -2.40. The number of carbonyl (C=O) groups is 1. The number of rotatable bonds is 4. The van der Waals surface area contributed by atoms with Crippen LogP contribution < -0.4 is 4.74 Å². The molecule has 5 atom stereocenters. The highest BCUT2D eigenvalue weighted by molar-refractivity contribution is 5.64. The van der Waals surface area contributed by atoms with Crippen molar-refractivity contribution in [2.75, 3.05) is 7.11 Å². The molecule has 0 unspecified atom stereocenters. The molecule has 0 saturated heterocycles. The minimum atomic E-state index is 0.527. The van der Waals surface area contributed by atoms with Crippen LogP contribution in [0.4, 0.5) is 0 Å². The summed E-state index contributed by atoms with van der Waals surface area (Å²) in [6, 6.07) is 6.63. The molecule has 0 heterocycles. The van der Waals surface area contributed by atoms with E-state index in [2.05, 4.69) is 38.1 Å². The molecule has 0 aliphatic heterocycles. The molecule has 1 aromatic carbocycles. The van der Waals surface area contributed by atoms with E-state index in [1.165, 1.54) is 30.4 Å². The Labute approximate surface area is 139 Å². The maximum absolute atomic E-state index is 10.8. The van der Waals surface area contributed by atoms with E-state index in [0.29, 0.717) is 29.6 Å². The van der Waals surface area contributed by atoms with Gasteiger partial charge in [0.15, 0.2) is 0 Å². The molecule has 2 aliphatic rings. The summed E-state index contributed by atoms with van der Waals surface area (Å²) in [6.45, 7) is 4.67. The number of fused-ring (bicyclic) bond motifs is 3. The fraction of sp³-hybridized carbons (Fsp3) is 0.571. The van der Waals surface area contributed by atoms with Crippen LogP contribution in [0.25, 0.3) is 0 Å². The molecule has 2 nitrogen and oxygen atoms in total. The quantitative estimate of drug-likeness (QED) is 0.591. The van der Waals surface area contributed by atoms with Crippen LogP contribution in [0.3, 0.4) is 0 Å². The highest BCUT2D eigenvalue weighted by Gasteiger charge is 2.44. The van der Waals surface area contributed by atoms with E-state index in [0.717, 1.165) is 18.5 Å². The van der Waals surface area contributed by atoms with Gasteiger partial charge in [-0.05, 0) is 78.2 Å². The first-order chi connectivity index (χ1) is 11.2. The van der Waals surface area contributed by atoms with E-state index in [9.17, 15) is 4.79 Å². The first kappa shape index (κ1) is 16.3. The Kier molecular flexibility index (Phi) is 4.89. The van der Waals surface area contributed by atoms with Crippen LogP contribution in [0.2, 0.25) is 0 Å². The van der Waals surface area contributed by atoms with Crippen molar-refractivity contribution in [2.24, 2.45) is 23.7 Å². The van der Waals surface area contributed by atoms with E-state index in [4.69, 9.17) is 4.74 Å². The third-order valence-electron chi connectivity index (χ3n) is 6.21. The van der Waals surface area contributed by atoms with Crippen molar-refractivity contribution >= 4 is 6.29 Å². The molecule has 2 heteroatoms. The van der Waals surface area contributed by atoms with Gasteiger partial charge in [0.1, 0.15) is 12.0 Å². The summed E-state index contributed by atoms with van der Waals surface area (Å²) in [5.74, 6) is 4.16. The summed E-state index contributed by atoms with van der Waals surface area (Å²) in [5.41, 5.74) is 3.00. The topological polar surface area (TPSA) is 26.3 Å². The smallest absolute Gasteiger partial charge is 0.142 e. The van der Waals surface area contributed by atoms with Gasteiger partial charge in [0.2, 0.25) is 0 Å². The lowest BCUT2D eigenvalue weighted by atomic mass is 9.56. The molecular weight excluding hydrogens is 284 g/mol. The number of ether oxygens (including phenoxy) is 1. The Balaban J connectivity index is 2.01. The number of methoxy groups -OCH3 is 1. The molecule has 23 heavy (non-hydrogen) atoms. The minimum Gasteiger partial charge on any atom is -0.497 e. The number of hydrogen-bond donors (Lipinski definition) is 0. The zero-order valence-electron chi connectivity index (χ0n) is 14.5. The van der Waals surface area contributed by atoms with Crippen molar-refractivity contribution in [1.29, 1.82) is 0 Å². The SMILES string of the molecule is CC[C@@H]1Cc2cc(OC)ccc2[C@H]2CC[C@@H](C)[C@@H](/C=C\C=O)[C@H]12. The van der Waals surface area contributed by atoms with Gasteiger partial charge in [-0.15, -0.1) is 0 Å². The number of benzene rings is 1. The normalized spacial score (nSPS) is 33.1. The van der Waals surface area contributed by atoms with Crippen LogP contribution in [-0.4, -0.2) is 13.4 Å². The Morgan fingerprint density at radius 1 is 1.30 bits per heavy atom. The molecule has 0 N–H and O–H groups in total. The molecule has 1 saturated carbocycles. The monoisotopic (exact) mass is 312 g/mol. The maximum atomic E-state index is 10.8. The van der Waals surface area contributed by atoms with Crippen molar-refractivity contribution in [2.45, 2.75) is 45.4 Å². The van der Waals surface area contributed by atoms with Crippen LogP contribution in [0, 0.1) is 23.7 Å². The number of carbonyl (C=O) groups excluding carboxylic acids is 1. The summed E-state index contributed by atoms with van der Waals surface area (Å²) >= 11 is 0. The second-order valence-corrected chi connectivity index (χ2v) is 7.27. The summed E-state index contributed by atoms with van der Waals surface area (Å²) in [6.07, 6.45) is 9.70. The van der Waals surface area contributed by atoms with Crippen LogP contribution >= 0.6 is 0 Å². The van der Waals surface area contributed by atoms with E-state index in [1.54, 1.807) is 13.2 Å². The Hall–Kier alpha value is -1.57. The molecule has 3 rings (SSSR count). The Morgan fingerprint density at radius 2 is 2.13 bits per heavy atom. The molecule has 0 radical (unpaired) electrons. The zero-order chi connectivity index (χ0) is 16.4. The molecule has 0 aromatic heterocycles. The molecular formula is C21H28O2. The fourth-order valence-electron chi connectivity index (χ4n) is 5.05. The van der Waals surface area contributed by atoms with E-state index < -0.39 is 0 Å². The summed E-state index contributed by atoms with van der Waals surface area (Å²) in [7, 11) is 1.74. The van der Waals surface area contributed by atoms with Crippen molar-refractivity contribution in [1.82, 2.24) is 0 Å². The summed E-state index contributed by atoms with van der Waals surface area (Å²) < 4.78 is 5.43. The van der Waals surface area contributed by atoms with Crippen LogP contribution in [0.15, 0.2) is 30.4 Å². The average molecular weight is 312 g/mol. The van der Waals surface area contributed by atoms with Crippen LogP contribution in [0.1, 0.15) is 50.2 Å². The van der Waals surface area contributed by atoms with Gasteiger partial charge >= 0.3 is 0 Å². The van der Waals surface area contributed by atoms with E-state index in [1.807, 2.05) is 0 Å². The average Bonchev–Trinajstić information content (AvgIpc) is 2.59. The standard InChI is InChI=1S/C21H28O2/c1-4-15-12-16-13-17(23-3)8-10-19(16)20-9-7-14(2)18(21(15)20)6-5-11-22/h5-6,8,10-11,13-15,18,20-21H,4,7,9,12H2,1-3H3/b6-5-/t14-,15-,18-,20-,21+/m1/s1. The van der Waals surface area contributed by atoms with Gasteiger partial charge in [-0.1, -0.05) is 32.4 Å². The van der Waals surface area contributed by atoms with Crippen molar-refractivity contribution in [3.8, 4) is 5.75 Å². The van der Waals surface area contributed by atoms with Crippen molar-refractivity contribution < 1.29 is 9.53 Å². The van der Waals surface area contributed by atoms with Crippen molar-refractivity contribution in [3.05, 3.63) is 41.5 Å². The molecule has 2 aliphatic carbocycles. The zero-order valence-corrected chi connectivity index (χ0v) is 14.5. The number of aldehydes is 1. The second kappa shape index (κ2) is 6.90. The first-order valence-corrected chi connectivity index (χ1v) is 8.98. The van der Waals surface area contributed by atoms with Gasteiger partial charge in [-0.2, -0.15) is 0 Å². The molecule has 1 aromatic rings. The van der Waals surface area contributed by atoms with Gasteiger partial charge < -0.3 is 4.74 Å². The fourth-order valence-corrected chi connectivity index (χ4v) is 5.05. The molecule has 124 valence electrons. The van der Waals surface area contributed by atoms with Crippen molar-refractivity contribution in [3.63, 3.8) is 0 Å². The Bertz CT molecular complexity index is 590. The third-order valence-corrected chi connectivity index (χ3v) is 6.21. The van der Waals surface area contributed by atoms with Gasteiger partial charge in [0.05, 0.1) is 7.11 Å². The highest BCUT2D eigenvalue weighted by Crippen LogP contribution is 2.53. The summed E-state index contributed by atoms with van der Waals surface area (Å²) in [4.78, 5) is 10.8. The van der Waals surface area contributed by atoms with Gasteiger partial charge in [0, 0.05) is 0 Å². The number of allylic oxidation sites excluding steroid dienone is 2. The third kappa shape index (κ3) is 2.96. The first-order valence-electron chi connectivity index (χ1n) is 8.98. The Morgan fingerprint density at radius 3 is 2.83 bits per heavy atom. The maximum Gasteiger partial charge on any atom is 0.142 e. The van der Waals surface area contributed by atoms with Crippen LogP contribution in [0.5, 0.6) is 5.75 Å². The van der Waals surface area contributed by atoms with Gasteiger partial charge in [0.25, 0.3) is 0 Å². The molecule has 0 spiro atoms. The predicted molar refractivity (Wildman–Crippen MR) is 93.8 cm³/mol. The second-order valence-electron chi connectivity index (χ2n) is 7.27. The molecule has 1 fully saturated rings. The molecule has 0 amide bonds. The number of hydrogen-bond acceptors (Lipinski definition) is 2. The lowest BCUT2D eigenvalue weighted by molar-refractivity contribution is -0.104. The summed E-state index contributed by atoms with van der Waals surface area (Å²) in [5, 5.41) is 0. The molecule has 0 bridgehead atoms. The van der Waals surface area contributed by atoms with Crippen LogP contribution in [-0.2, 0) is 11.2 Å². The van der Waals surface area contributed by atoms with Gasteiger partial charge in [-0.25, -0.2) is 0 Å². The minimum absolute atomic E-state index is 0.527. The van der Waals surface area contributed by atoms with E-state index in [-0.39, 0.29) is 0 Å². The highest BCUT2D eigenvalue weighted by atomic mass is 16.5. The largest absolute Gasteiger partial charge is 0.497 e. The predicted octanol–water partition coefficient (Wildman–Crippen LogP) is 4.78.